The Hall–Kier alpha value is -0.160. The van der Waals surface area contributed by atoms with Gasteiger partial charge >= 0.3 is 0 Å². The molecule has 1 saturated heterocycles. The lowest BCUT2D eigenvalue weighted by molar-refractivity contribution is -0.0197. The van der Waals surface area contributed by atoms with Gasteiger partial charge in [-0.1, -0.05) is 0 Å². The van der Waals surface area contributed by atoms with E-state index in [-0.39, 0.29) is 6.10 Å². The Labute approximate surface area is 99.0 Å². The molecule has 1 unspecified atom stereocenters. The van der Waals surface area contributed by atoms with Gasteiger partial charge in [0.25, 0.3) is 0 Å². The largest absolute Gasteiger partial charge is 0.374 e. The molecule has 0 radical (unpaired) electrons. The highest BCUT2D eigenvalue weighted by atomic mass is 35.5. The van der Waals surface area contributed by atoms with E-state index in [1.54, 1.807) is 11.3 Å². The summed E-state index contributed by atoms with van der Waals surface area (Å²) in [6.45, 7) is 5.63. The number of halogens is 1. The van der Waals surface area contributed by atoms with Gasteiger partial charge in [-0.2, -0.15) is 0 Å². The zero-order valence-electron chi connectivity index (χ0n) is 8.78. The summed E-state index contributed by atoms with van der Waals surface area (Å²) in [5.74, 6) is 0.576. The van der Waals surface area contributed by atoms with Crippen molar-refractivity contribution in [1.82, 2.24) is 9.88 Å². The highest BCUT2D eigenvalue weighted by Crippen LogP contribution is 2.13. The van der Waals surface area contributed by atoms with Gasteiger partial charge in [-0.05, 0) is 6.92 Å². The van der Waals surface area contributed by atoms with E-state index in [1.165, 1.54) is 0 Å². The summed E-state index contributed by atoms with van der Waals surface area (Å²) in [6.07, 6.45) is 0.181. The second-order valence-corrected chi connectivity index (χ2v) is 5.11. The van der Waals surface area contributed by atoms with Crippen molar-refractivity contribution in [2.75, 3.05) is 25.6 Å². The second kappa shape index (κ2) is 5.25. The van der Waals surface area contributed by atoms with Crippen LogP contribution in [0.15, 0.2) is 5.38 Å². The van der Waals surface area contributed by atoms with Crippen LogP contribution in [0, 0.1) is 6.92 Å². The van der Waals surface area contributed by atoms with Crippen LogP contribution >= 0.6 is 22.9 Å². The SMILES string of the molecule is Cc1nc(CN2CCOC(CCl)C2)cs1. The number of aryl methyl sites for hydroxylation is 1. The molecule has 84 valence electrons. The smallest absolute Gasteiger partial charge is 0.0897 e. The van der Waals surface area contributed by atoms with E-state index < -0.39 is 0 Å². The maximum absolute atomic E-state index is 5.79. The zero-order valence-corrected chi connectivity index (χ0v) is 10.4. The molecule has 1 aliphatic rings. The molecule has 3 nitrogen and oxygen atoms in total. The first-order valence-corrected chi connectivity index (χ1v) is 6.50. The lowest BCUT2D eigenvalue weighted by atomic mass is 10.3. The van der Waals surface area contributed by atoms with E-state index in [0.29, 0.717) is 5.88 Å². The summed E-state index contributed by atoms with van der Waals surface area (Å²) >= 11 is 7.49. The molecule has 0 aliphatic carbocycles. The van der Waals surface area contributed by atoms with Gasteiger partial charge in [0.1, 0.15) is 0 Å². The third-order valence-corrected chi connectivity index (χ3v) is 3.61. The van der Waals surface area contributed by atoms with Crippen molar-refractivity contribution in [3.63, 3.8) is 0 Å². The van der Waals surface area contributed by atoms with Crippen LogP contribution in [0.3, 0.4) is 0 Å². The van der Waals surface area contributed by atoms with Gasteiger partial charge in [-0.25, -0.2) is 4.98 Å². The number of hydrogen-bond acceptors (Lipinski definition) is 4. The maximum Gasteiger partial charge on any atom is 0.0897 e. The van der Waals surface area contributed by atoms with E-state index in [4.69, 9.17) is 16.3 Å². The Kier molecular flexibility index (Phi) is 3.97. The average Bonchev–Trinajstić information content (AvgIpc) is 2.64. The van der Waals surface area contributed by atoms with Gasteiger partial charge in [0.15, 0.2) is 0 Å². The lowest BCUT2D eigenvalue weighted by Gasteiger charge is -2.31. The molecule has 0 bridgehead atoms. The summed E-state index contributed by atoms with van der Waals surface area (Å²) in [5, 5.41) is 3.26. The average molecular weight is 247 g/mol. The van der Waals surface area contributed by atoms with Crippen molar-refractivity contribution in [2.24, 2.45) is 0 Å². The highest BCUT2D eigenvalue weighted by molar-refractivity contribution is 7.09. The molecule has 2 rings (SSSR count). The van der Waals surface area contributed by atoms with Crippen LogP contribution in [0.25, 0.3) is 0 Å². The summed E-state index contributed by atoms with van der Waals surface area (Å²) in [6, 6.07) is 0. The number of morpholine rings is 1. The molecule has 15 heavy (non-hydrogen) atoms. The molecule has 2 heterocycles. The first-order chi connectivity index (χ1) is 7.28. The topological polar surface area (TPSA) is 25.4 Å². The monoisotopic (exact) mass is 246 g/mol. The Bertz CT molecular complexity index is 318. The minimum absolute atomic E-state index is 0.181. The fourth-order valence-corrected chi connectivity index (χ4v) is 2.52. The lowest BCUT2D eigenvalue weighted by Crippen LogP contribution is -2.42. The van der Waals surface area contributed by atoms with E-state index >= 15 is 0 Å². The molecular weight excluding hydrogens is 232 g/mol. The quantitative estimate of drug-likeness (QED) is 0.762. The summed E-state index contributed by atoms with van der Waals surface area (Å²) in [7, 11) is 0. The first-order valence-electron chi connectivity index (χ1n) is 5.09. The predicted octanol–water partition coefficient (Wildman–Crippen LogP) is 1.89. The van der Waals surface area contributed by atoms with Gasteiger partial charge in [-0.3, -0.25) is 4.90 Å². The van der Waals surface area contributed by atoms with E-state index in [2.05, 4.69) is 15.3 Å². The van der Waals surface area contributed by atoms with Crippen molar-refractivity contribution in [1.29, 1.82) is 0 Å². The fourth-order valence-electron chi connectivity index (χ4n) is 1.73. The number of hydrogen-bond donors (Lipinski definition) is 0. The molecule has 5 heteroatoms. The van der Waals surface area contributed by atoms with Crippen LogP contribution in [-0.4, -0.2) is 41.6 Å². The van der Waals surface area contributed by atoms with Gasteiger partial charge in [0, 0.05) is 30.9 Å². The maximum atomic E-state index is 5.79. The van der Waals surface area contributed by atoms with Crippen molar-refractivity contribution in [3.05, 3.63) is 16.1 Å². The van der Waals surface area contributed by atoms with E-state index in [1.807, 2.05) is 6.92 Å². The number of thiazole rings is 1. The third kappa shape index (κ3) is 3.14. The van der Waals surface area contributed by atoms with Crippen LogP contribution < -0.4 is 0 Å². The Morgan fingerprint density at radius 1 is 1.73 bits per heavy atom. The van der Waals surface area contributed by atoms with E-state index in [9.17, 15) is 0 Å². The molecule has 1 fully saturated rings. The van der Waals surface area contributed by atoms with Crippen LogP contribution in [0.1, 0.15) is 10.7 Å². The van der Waals surface area contributed by atoms with Gasteiger partial charge < -0.3 is 4.74 Å². The first kappa shape index (κ1) is 11.3. The number of alkyl halides is 1. The molecular formula is C10H15ClN2OS. The van der Waals surface area contributed by atoms with Gasteiger partial charge in [0.05, 0.1) is 23.4 Å². The molecule has 1 aromatic rings. The van der Waals surface area contributed by atoms with E-state index in [0.717, 1.165) is 36.9 Å². The summed E-state index contributed by atoms with van der Waals surface area (Å²) < 4.78 is 5.51. The van der Waals surface area contributed by atoms with Crippen LogP contribution in [0.5, 0.6) is 0 Å². The second-order valence-electron chi connectivity index (χ2n) is 3.74. The van der Waals surface area contributed by atoms with Gasteiger partial charge in [-0.15, -0.1) is 22.9 Å². The number of rotatable bonds is 3. The number of nitrogens with zero attached hydrogens (tertiary/aromatic N) is 2. The van der Waals surface area contributed by atoms with Crippen LogP contribution in [0.2, 0.25) is 0 Å². The minimum Gasteiger partial charge on any atom is -0.374 e. The Balaban J connectivity index is 1.88. The summed E-state index contributed by atoms with van der Waals surface area (Å²) in [5.41, 5.74) is 1.16. The molecule has 1 aromatic heterocycles. The standard InChI is InChI=1S/C10H15ClN2OS/c1-8-12-9(7-15-8)5-13-2-3-14-10(4-11)6-13/h7,10H,2-6H2,1H3. The molecule has 0 saturated carbocycles. The molecule has 0 amide bonds. The highest BCUT2D eigenvalue weighted by Gasteiger charge is 2.19. The number of aromatic nitrogens is 1. The van der Waals surface area contributed by atoms with Crippen molar-refractivity contribution in [3.8, 4) is 0 Å². The third-order valence-electron chi connectivity index (χ3n) is 2.45. The predicted molar refractivity (Wildman–Crippen MR) is 62.6 cm³/mol. The van der Waals surface area contributed by atoms with Crippen LogP contribution in [0.4, 0.5) is 0 Å². The zero-order chi connectivity index (χ0) is 10.7. The minimum atomic E-state index is 0.181. The fraction of sp³-hybridized carbons (Fsp3) is 0.700. The molecule has 0 N–H and O–H groups in total. The van der Waals surface area contributed by atoms with Gasteiger partial charge in [0.2, 0.25) is 0 Å². The Morgan fingerprint density at radius 3 is 3.27 bits per heavy atom. The molecule has 0 aromatic carbocycles. The number of ether oxygens (including phenoxy) is 1. The van der Waals surface area contributed by atoms with Crippen molar-refractivity contribution >= 4 is 22.9 Å². The van der Waals surface area contributed by atoms with Crippen molar-refractivity contribution < 1.29 is 4.74 Å². The van der Waals surface area contributed by atoms with Crippen molar-refractivity contribution in [2.45, 2.75) is 19.6 Å². The Morgan fingerprint density at radius 2 is 2.60 bits per heavy atom. The van der Waals surface area contributed by atoms with Crippen LogP contribution in [-0.2, 0) is 11.3 Å². The summed E-state index contributed by atoms with van der Waals surface area (Å²) in [4.78, 5) is 6.81. The normalized spacial score (nSPS) is 23.2. The molecule has 1 atom stereocenters. The molecule has 0 spiro atoms. The molecule has 1 aliphatic heterocycles.